The van der Waals surface area contributed by atoms with Crippen molar-refractivity contribution in [1.29, 1.82) is 0 Å². The second-order valence-electron chi connectivity index (χ2n) is 5.69. The first-order valence-corrected chi connectivity index (χ1v) is 8.11. The van der Waals surface area contributed by atoms with E-state index in [9.17, 15) is 0 Å². The normalized spacial score (nSPS) is 15.9. The van der Waals surface area contributed by atoms with Crippen LogP contribution in [0.3, 0.4) is 0 Å². The lowest BCUT2D eigenvalue weighted by Crippen LogP contribution is -2.32. The first-order valence-electron chi connectivity index (χ1n) is 7.70. The number of rotatable bonds is 4. The Hall–Kier alpha value is -1.66. The minimum atomic E-state index is 0.742. The van der Waals surface area contributed by atoms with Crippen LogP contribution in [0, 0.1) is 4.77 Å². The standard InChI is InChI=1S/C16H22N4OS/c1-18-15(13-8-4-5-9-14(13)21-2)17-20(16(18)22)12-19-10-6-3-7-11-19/h4-5,8-9H,3,6-7,10-12H2,1-2H3. The van der Waals surface area contributed by atoms with Gasteiger partial charge in [0.1, 0.15) is 5.75 Å². The molecule has 2 aromatic rings. The summed E-state index contributed by atoms with van der Waals surface area (Å²) in [6.45, 7) is 3.02. The molecule has 5 nitrogen and oxygen atoms in total. The Morgan fingerprint density at radius 3 is 2.64 bits per heavy atom. The van der Waals surface area contributed by atoms with Gasteiger partial charge in [-0.15, -0.1) is 0 Å². The van der Waals surface area contributed by atoms with E-state index in [1.807, 2.05) is 40.6 Å². The Bertz CT molecular complexity index is 700. The molecule has 1 aromatic carbocycles. The quantitative estimate of drug-likeness (QED) is 0.812. The van der Waals surface area contributed by atoms with Crippen molar-refractivity contribution in [3.8, 4) is 17.1 Å². The fraction of sp³-hybridized carbons (Fsp3) is 0.500. The highest BCUT2D eigenvalue weighted by atomic mass is 32.1. The molecule has 3 rings (SSSR count). The van der Waals surface area contributed by atoms with E-state index in [1.165, 1.54) is 19.3 Å². The number of para-hydroxylation sites is 1. The zero-order valence-electron chi connectivity index (χ0n) is 13.2. The number of benzene rings is 1. The van der Waals surface area contributed by atoms with Crippen LogP contribution in [-0.2, 0) is 13.7 Å². The molecule has 0 radical (unpaired) electrons. The molecule has 0 N–H and O–H groups in total. The molecule has 0 amide bonds. The second kappa shape index (κ2) is 6.62. The van der Waals surface area contributed by atoms with Crippen LogP contribution in [0.25, 0.3) is 11.4 Å². The first-order chi connectivity index (χ1) is 10.7. The Balaban J connectivity index is 1.93. The highest BCUT2D eigenvalue weighted by Crippen LogP contribution is 2.28. The first kappa shape index (κ1) is 15.2. The van der Waals surface area contributed by atoms with E-state index in [2.05, 4.69) is 4.90 Å². The average Bonchev–Trinajstić information content (AvgIpc) is 2.84. The van der Waals surface area contributed by atoms with Crippen LogP contribution in [-0.4, -0.2) is 39.4 Å². The minimum absolute atomic E-state index is 0.742. The maximum absolute atomic E-state index is 5.56. The van der Waals surface area contributed by atoms with Crippen LogP contribution < -0.4 is 4.74 Å². The molecule has 6 heteroatoms. The highest BCUT2D eigenvalue weighted by Gasteiger charge is 2.16. The summed E-state index contributed by atoms with van der Waals surface area (Å²) in [5.41, 5.74) is 0.969. The van der Waals surface area contributed by atoms with Crippen molar-refractivity contribution in [2.24, 2.45) is 7.05 Å². The van der Waals surface area contributed by atoms with E-state index in [0.717, 1.165) is 41.7 Å². The summed E-state index contributed by atoms with van der Waals surface area (Å²) in [4.78, 5) is 2.41. The largest absolute Gasteiger partial charge is 0.496 e. The Labute approximate surface area is 136 Å². The van der Waals surface area contributed by atoms with Gasteiger partial charge in [-0.2, -0.15) is 5.10 Å². The summed E-state index contributed by atoms with van der Waals surface area (Å²) in [5.74, 6) is 1.66. The van der Waals surface area contributed by atoms with Crippen LogP contribution >= 0.6 is 12.2 Å². The lowest BCUT2D eigenvalue weighted by atomic mass is 10.1. The van der Waals surface area contributed by atoms with E-state index in [1.54, 1.807) is 7.11 Å². The summed E-state index contributed by atoms with van der Waals surface area (Å²) in [6.07, 6.45) is 3.86. The molecule has 0 saturated carbocycles. The molecule has 1 aromatic heterocycles. The molecule has 22 heavy (non-hydrogen) atoms. The van der Waals surface area contributed by atoms with Crippen molar-refractivity contribution in [2.75, 3.05) is 20.2 Å². The summed E-state index contributed by atoms with van der Waals surface area (Å²) < 4.78 is 10.1. The number of aromatic nitrogens is 3. The molecule has 1 aliphatic heterocycles. The number of methoxy groups -OCH3 is 1. The van der Waals surface area contributed by atoms with Crippen LogP contribution in [0.15, 0.2) is 24.3 Å². The molecule has 1 saturated heterocycles. The Kier molecular flexibility index (Phi) is 4.59. The predicted molar refractivity (Wildman–Crippen MR) is 89.4 cm³/mol. The van der Waals surface area contributed by atoms with Gasteiger partial charge in [-0.3, -0.25) is 4.90 Å². The van der Waals surface area contributed by atoms with E-state index in [4.69, 9.17) is 22.1 Å². The van der Waals surface area contributed by atoms with Crippen LogP contribution in [0.4, 0.5) is 0 Å². The second-order valence-corrected chi connectivity index (χ2v) is 6.05. The number of piperidine rings is 1. The Morgan fingerprint density at radius 1 is 1.18 bits per heavy atom. The average molecular weight is 318 g/mol. The van der Waals surface area contributed by atoms with E-state index in [-0.39, 0.29) is 0 Å². The molecule has 0 spiro atoms. The Morgan fingerprint density at radius 2 is 1.91 bits per heavy atom. The maximum atomic E-state index is 5.56. The number of likely N-dealkylation sites (tertiary alicyclic amines) is 1. The van der Waals surface area contributed by atoms with Crippen LogP contribution in [0.5, 0.6) is 5.75 Å². The van der Waals surface area contributed by atoms with Gasteiger partial charge in [0.15, 0.2) is 10.6 Å². The predicted octanol–water partition coefficient (Wildman–Crippen LogP) is 3.07. The maximum Gasteiger partial charge on any atom is 0.199 e. The van der Waals surface area contributed by atoms with Crippen molar-refractivity contribution in [3.63, 3.8) is 0 Å². The van der Waals surface area contributed by atoms with Crippen LogP contribution in [0.2, 0.25) is 0 Å². The molecular weight excluding hydrogens is 296 g/mol. The van der Waals surface area contributed by atoms with Gasteiger partial charge in [-0.05, 0) is 50.3 Å². The molecule has 0 atom stereocenters. The van der Waals surface area contributed by atoms with Gasteiger partial charge in [0.25, 0.3) is 0 Å². The van der Waals surface area contributed by atoms with Crippen molar-refractivity contribution in [2.45, 2.75) is 25.9 Å². The third kappa shape index (κ3) is 2.94. The van der Waals surface area contributed by atoms with Gasteiger partial charge in [0.2, 0.25) is 0 Å². The third-order valence-electron chi connectivity index (χ3n) is 4.17. The lowest BCUT2D eigenvalue weighted by molar-refractivity contribution is 0.172. The molecular formula is C16H22N4OS. The van der Waals surface area contributed by atoms with Gasteiger partial charge in [-0.1, -0.05) is 18.6 Å². The van der Waals surface area contributed by atoms with E-state index in [0.29, 0.717) is 0 Å². The summed E-state index contributed by atoms with van der Waals surface area (Å²) >= 11 is 5.56. The number of hydrogen-bond acceptors (Lipinski definition) is 4. The SMILES string of the molecule is COc1ccccc1-c1nn(CN2CCCCC2)c(=S)n1C. The van der Waals surface area contributed by atoms with Crippen molar-refractivity contribution in [3.05, 3.63) is 29.0 Å². The molecule has 2 heterocycles. The molecule has 1 aliphatic rings. The molecule has 118 valence electrons. The smallest absolute Gasteiger partial charge is 0.199 e. The van der Waals surface area contributed by atoms with Gasteiger partial charge in [0.05, 0.1) is 19.3 Å². The molecule has 0 unspecified atom stereocenters. The summed E-state index contributed by atoms with van der Waals surface area (Å²) in [6, 6.07) is 7.91. The van der Waals surface area contributed by atoms with E-state index < -0.39 is 0 Å². The summed E-state index contributed by atoms with van der Waals surface area (Å²) in [7, 11) is 3.64. The zero-order chi connectivity index (χ0) is 15.5. The topological polar surface area (TPSA) is 35.2 Å². The van der Waals surface area contributed by atoms with Crippen molar-refractivity contribution in [1.82, 2.24) is 19.2 Å². The fourth-order valence-corrected chi connectivity index (χ4v) is 3.12. The van der Waals surface area contributed by atoms with E-state index >= 15 is 0 Å². The molecule has 0 bridgehead atoms. The molecule has 0 aliphatic carbocycles. The number of hydrogen-bond donors (Lipinski definition) is 0. The van der Waals surface area contributed by atoms with Gasteiger partial charge >= 0.3 is 0 Å². The summed E-state index contributed by atoms with van der Waals surface area (Å²) in [5, 5.41) is 4.74. The highest BCUT2D eigenvalue weighted by molar-refractivity contribution is 7.71. The molecule has 1 fully saturated rings. The third-order valence-corrected chi connectivity index (χ3v) is 4.66. The van der Waals surface area contributed by atoms with Crippen LogP contribution in [0.1, 0.15) is 19.3 Å². The zero-order valence-corrected chi connectivity index (χ0v) is 14.0. The van der Waals surface area contributed by atoms with Gasteiger partial charge in [-0.25, -0.2) is 4.68 Å². The van der Waals surface area contributed by atoms with Gasteiger partial charge in [0, 0.05) is 7.05 Å². The van der Waals surface area contributed by atoms with Gasteiger partial charge < -0.3 is 9.30 Å². The minimum Gasteiger partial charge on any atom is -0.496 e. The van der Waals surface area contributed by atoms with Crippen molar-refractivity contribution < 1.29 is 4.74 Å². The fourth-order valence-electron chi connectivity index (χ4n) is 2.93. The van der Waals surface area contributed by atoms with Crippen molar-refractivity contribution >= 4 is 12.2 Å². The number of ether oxygens (including phenoxy) is 1. The number of nitrogens with zero attached hydrogens (tertiary/aromatic N) is 4. The monoisotopic (exact) mass is 318 g/mol. The lowest BCUT2D eigenvalue weighted by Gasteiger charge is -2.25.